The Kier molecular flexibility index (Phi) is 4.37. The number of amides is 1. The average molecular weight is 386 g/mol. The van der Waals surface area contributed by atoms with Gasteiger partial charge in [0.1, 0.15) is 11.9 Å². The number of rotatable bonds is 3. The van der Waals surface area contributed by atoms with Gasteiger partial charge in [-0.3, -0.25) is 4.79 Å². The fraction of sp³-hybridized carbons (Fsp3) is 0.130. The van der Waals surface area contributed by atoms with Gasteiger partial charge in [0, 0.05) is 17.5 Å². The van der Waals surface area contributed by atoms with Gasteiger partial charge in [-0.25, -0.2) is 5.43 Å². The van der Waals surface area contributed by atoms with Gasteiger partial charge < -0.3 is 14.2 Å². The van der Waals surface area contributed by atoms with Crippen molar-refractivity contribution in [3.63, 3.8) is 0 Å². The maximum atomic E-state index is 12.6. The van der Waals surface area contributed by atoms with Crippen LogP contribution in [0.1, 0.15) is 34.0 Å². The Morgan fingerprint density at radius 2 is 1.69 bits per heavy atom. The van der Waals surface area contributed by atoms with Crippen molar-refractivity contribution in [1.29, 1.82) is 0 Å². The van der Waals surface area contributed by atoms with E-state index in [9.17, 15) is 4.79 Å². The first-order valence-corrected chi connectivity index (χ1v) is 9.35. The first kappa shape index (κ1) is 17.3. The van der Waals surface area contributed by atoms with Crippen molar-refractivity contribution in [2.75, 3.05) is 6.79 Å². The molecule has 0 aliphatic carbocycles. The van der Waals surface area contributed by atoms with E-state index in [1.807, 2.05) is 54.6 Å². The smallest absolute Gasteiger partial charge is 0.271 e. The summed E-state index contributed by atoms with van der Waals surface area (Å²) >= 11 is 0. The van der Waals surface area contributed by atoms with Crippen molar-refractivity contribution < 1.29 is 19.0 Å². The average Bonchev–Trinajstić information content (AvgIpc) is 3.25. The second-order valence-corrected chi connectivity index (χ2v) is 6.78. The molecule has 2 aliphatic rings. The minimum atomic E-state index is -0.309. The molecule has 1 unspecified atom stereocenters. The largest absolute Gasteiger partial charge is 0.485 e. The van der Waals surface area contributed by atoms with Crippen LogP contribution in [0, 0.1) is 0 Å². The molecule has 3 aromatic rings. The molecule has 6 nitrogen and oxygen atoms in total. The maximum Gasteiger partial charge on any atom is 0.271 e. The molecular formula is C23H18N2O4. The Morgan fingerprint density at radius 1 is 0.897 bits per heavy atom. The van der Waals surface area contributed by atoms with E-state index in [1.165, 1.54) is 0 Å². The Balaban J connectivity index is 1.41. The van der Waals surface area contributed by atoms with Crippen molar-refractivity contribution in [3.8, 4) is 17.2 Å². The van der Waals surface area contributed by atoms with Crippen LogP contribution in [-0.2, 0) is 0 Å². The Morgan fingerprint density at radius 3 is 2.59 bits per heavy atom. The number of nitrogens with one attached hydrogen (secondary N) is 1. The van der Waals surface area contributed by atoms with Gasteiger partial charge in [-0.15, -0.1) is 0 Å². The number of hydrazone groups is 1. The molecule has 0 fully saturated rings. The molecule has 144 valence electrons. The van der Waals surface area contributed by atoms with Crippen molar-refractivity contribution >= 4 is 11.6 Å². The normalized spacial score (nSPS) is 18.1. The summed E-state index contributed by atoms with van der Waals surface area (Å²) in [6.45, 7) is 0.167. The number of hydrogen-bond donors (Lipinski definition) is 1. The summed E-state index contributed by atoms with van der Waals surface area (Å²) in [5.41, 5.74) is 5.85. The Labute approximate surface area is 167 Å². The molecule has 0 saturated carbocycles. The highest BCUT2D eigenvalue weighted by Crippen LogP contribution is 2.35. The van der Waals surface area contributed by atoms with Crippen LogP contribution >= 0.6 is 0 Å². The molecule has 1 amide bonds. The maximum absolute atomic E-state index is 12.6. The Hall–Kier alpha value is -3.80. The summed E-state index contributed by atoms with van der Waals surface area (Å²) in [4.78, 5) is 12.6. The number of ether oxygens (including phenoxy) is 3. The van der Waals surface area contributed by atoms with Gasteiger partial charge in [-0.2, -0.15) is 5.10 Å². The SMILES string of the molecule is O=C(N/N=C1/CC(c2ccccc2)Oc2ccccc21)c1ccc2c(c1)OCO2. The van der Waals surface area contributed by atoms with E-state index in [4.69, 9.17) is 14.2 Å². The lowest BCUT2D eigenvalue weighted by molar-refractivity contribution is 0.0954. The number of hydrogen-bond acceptors (Lipinski definition) is 5. The van der Waals surface area contributed by atoms with Crippen molar-refractivity contribution in [2.45, 2.75) is 12.5 Å². The monoisotopic (exact) mass is 386 g/mol. The summed E-state index contributed by atoms with van der Waals surface area (Å²) in [5.74, 6) is 1.64. The lowest BCUT2D eigenvalue weighted by Crippen LogP contribution is -2.25. The molecule has 3 aromatic carbocycles. The number of carbonyl (C=O) groups excluding carboxylic acids is 1. The zero-order valence-electron chi connectivity index (χ0n) is 15.5. The fourth-order valence-corrected chi connectivity index (χ4v) is 3.47. The van der Waals surface area contributed by atoms with Gasteiger partial charge in [0.15, 0.2) is 11.5 Å². The van der Waals surface area contributed by atoms with Gasteiger partial charge in [-0.05, 0) is 35.9 Å². The summed E-state index contributed by atoms with van der Waals surface area (Å²) < 4.78 is 16.8. The molecule has 6 heteroatoms. The van der Waals surface area contributed by atoms with Crippen LogP contribution in [0.25, 0.3) is 0 Å². The summed E-state index contributed by atoms with van der Waals surface area (Å²) in [6.07, 6.45) is 0.398. The first-order valence-electron chi connectivity index (χ1n) is 9.35. The van der Waals surface area contributed by atoms with Crippen molar-refractivity contribution in [3.05, 3.63) is 89.5 Å². The standard InChI is InChI=1S/C23H18N2O4/c26-23(16-10-11-20-22(12-16)28-14-27-20)25-24-18-13-21(15-6-2-1-3-7-15)29-19-9-5-4-8-17(18)19/h1-12,21H,13-14H2,(H,25,26)/b24-18-. The molecular weight excluding hydrogens is 368 g/mol. The van der Waals surface area contributed by atoms with E-state index in [0.717, 1.165) is 22.6 Å². The lowest BCUT2D eigenvalue weighted by atomic mass is 9.96. The van der Waals surface area contributed by atoms with Gasteiger partial charge >= 0.3 is 0 Å². The van der Waals surface area contributed by atoms with Gasteiger partial charge in [0.25, 0.3) is 5.91 Å². The first-order chi connectivity index (χ1) is 14.3. The van der Waals surface area contributed by atoms with Crippen LogP contribution in [0.2, 0.25) is 0 Å². The van der Waals surface area contributed by atoms with E-state index in [-0.39, 0.29) is 18.8 Å². The number of para-hydroxylation sites is 1. The van der Waals surface area contributed by atoms with Crippen LogP contribution in [0.3, 0.4) is 0 Å². The van der Waals surface area contributed by atoms with Crippen molar-refractivity contribution in [1.82, 2.24) is 5.43 Å². The minimum absolute atomic E-state index is 0.160. The third-order valence-electron chi connectivity index (χ3n) is 4.94. The van der Waals surface area contributed by atoms with Crippen molar-refractivity contribution in [2.24, 2.45) is 5.10 Å². The van der Waals surface area contributed by atoms with E-state index in [0.29, 0.717) is 23.5 Å². The molecule has 1 atom stereocenters. The quantitative estimate of drug-likeness (QED) is 0.689. The highest BCUT2D eigenvalue weighted by atomic mass is 16.7. The van der Waals surface area contributed by atoms with E-state index in [2.05, 4.69) is 10.5 Å². The van der Waals surface area contributed by atoms with Gasteiger partial charge in [0.05, 0.1) is 5.71 Å². The van der Waals surface area contributed by atoms with Crippen LogP contribution in [0.5, 0.6) is 17.2 Å². The molecule has 0 aromatic heterocycles. The second kappa shape index (κ2) is 7.31. The second-order valence-electron chi connectivity index (χ2n) is 6.78. The minimum Gasteiger partial charge on any atom is -0.485 e. The molecule has 0 spiro atoms. The third kappa shape index (κ3) is 3.40. The zero-order chi connectivity index (χ0) is 19.6. The molecule has 2 aliphatic heterocycles. The molecule has 0 bridgehead atoms. The molecule has 0 saturated heterocycles. The predicted octanol–water partition coefficient (Wildman–Crippen LogP) is 4.07. The fourth-order valence-electron chi connectivity index (χ4n) is 3.47. The number of fused-ring (bicyclic) bond motifs is 2. The van der Waals surface area contributed by atoms with Crippen LogP contribution in [-0.4, -0.2) is 18.4 Å². The predicted molar refractivity (Wildman–Crippen MR) is 107 cm³/mol. The number of benzene rings is 3. The van der Waals surface area contributed by atoms with E-state index >= 15 is 0 Å². The van der Waals surface area contributed by atoms with Crippen LogP contribution in [0.15, 0.2) is 77.9 Å². The summed E-state index contributed by atoms with van der Waals surface area (Å²) in [6, 6.07) is 22.8. The van der Waals surface area contributed by atoms with Crippen LogP contribution in [0.4, 0.5) is 0 Å². The molecule has 1 N–H and O–H groups in total. The molecule has 0 radical (unpaired) electrons. The van der Waals surface area contributed by atoms with Gasteiger partial charge in [0.2, 0.25) is 6.79 Å². The van der Waals surface area contributed by atoms with E-state index < -0.39 is 0 Å². The topological polar surface area (TPSA) is 69.2 Å². The highest BCUT2D eigenvalue weighted by molar-refractivity contribution is 6.05. The molecule has 29 heavy (non-hydrogen) atoms. The third-order valence-corrected chi connectivity index (χ3v) is 4.94. The summed E-state index contributed by atoms with van der Waals surface area (Å²) in [7, 11) is 0. The Bertz CT molecular complexity index is 1100. The number of carbonyl (C=O) groups is 1. The summed E-state index contributed by atoms with van der Waals surface area (Å²) in [5, 5.41) is 4.44. The lowest BCUT2D eigenvalue weighted by Gasteiger charge is -2.27. The highest BCUT2D eigenvalue weighted by Gasteiger charge is 2.26. The zero-order valence-corrected chi connectivity index (χ0v) is 15.5. The molecule has 2 heterocycles. The number of nitrogens with zero attached hydrogens (tertiary/aromatic N) is 1. The van der Waals surface area contributed by atoms with Gasteiger partial charge in [-0.1, -0.05) is 42.5 Å². The van der Waals surface area contributed by atoms with Crippen LogP contribution < -0.4 is 19.6 Å². The van der Waals surface area contributed by atoms with E-state index in [1.54, 1.807) is 18.2 Å². The molecule has 5 rings (SSSR count).